The van der Waals surface area contributed by atoms with Crippen LogP contribution >= 0.6 is 0 Å². The average Bonchev–Trinajstić information content (AvgIpc) is 3.03. The summed E-state index contributed by atoms with van der Waals surface area (Å²) in [5.74, 6) is 0.522. The van der Waals surface area contributed by atoms with Crippen LogP contribution in [-0.4, -0.2) is 23.8 Å². The van der Waals surface area contributed by atoms with E-state index < -0.39 is 5.91 Å². The van der Waals surface area contributed by atoms with E-state index >= 15 is 0 Å². The predicted octanol–water partition coefficient (Wildman–Crippen LogP) is 3.13. The van der Waals surface area contributed by atoms with Crippen LogP contribution in [0.25, 0.3) is 0 Å². The number of hydrogen-bond donors (Lipinski definition) is 1. The van der Waals surface area contributed by atoms with Crippen LogP contribution in [0.3, 0.4) is 0 Å². The number of carbonyl (C=O) groups excluding carboxylic acids is 2. The quantitative estimate of drug-likeness (QED) is 0.584. The van der Waals surface area contributed by atoms with Crippen LogP contribution in [0.2, 0.25) is 0 Å². The first-order chi connectivity index (χ1) is 12.6. The molecule has 26 heavy (non-hydrogen) atoms. The molecule has 1 aliphatic carbocycles. The molecule has 0 saturated carbocycles. The molecule has 1 aliphatic rings. The highest BCUT2D eigenvalue weighted by atomic mass is 16.5. The highest BCUT2D eigenvalue weighted by Gasteiger charge is 2.24. The average molecular weight is 352 g/mol. The van der Waals surface area contributed by atoms with E-state index in [0.29, 0.717) is 36.0 Å². The number of hydrogen-bond acceptors (Lipinski definition) is 4. The maximum absolute atomic E-state index is 11.7. The standard InChI is InChI=1S/C21H24N2O3/c1-2-3-6-26-19-11-18(20(21(22)25)23-12-19)10-15-8-16-5-4-14(13-24)7-17(16)9-15/h4-5,7,11-13,15H,2-3,6,8-10H2,1H3,(H2,22,25)/t15-/m1/s1. The second-order valence-corrected chi connectivity index (χ2v) is 6.87. The Hall–Kier alpha value is -2.69. The smallest absolute Gasteiger partial charge is 0.267 e. The fourth-order valence-corrected chi connectivity index (χ4v) is 3.54. The molecule has 0 saturated heterocycles. The monoisotopic (exact) mass is 352 g/mol. The van der Waals surface area contributed by atoms with Crippen LogP contribution in [0.15, 0.2) is 30.5 Å². The van der Waals surface area contributed by atoms with Crippen molar-refractivity contribution in [3.8, 4) is 5.75 Å². The second kappa shape index (κ2) is 8.13. The van der Waals surface area contributed by atoms with Gasteiger partial charge in [0.1, 0.15) is 17.7 Å². The Balaban J connectivity index is 1.76. The third-order valence-electron chi connectivity index (χ3n) is 4.83. The van der Waals surface area contributed by atoms with Gasteiger partial charge < -0.3 is 10.5 Å². The third kappa shape index (κ3) is 4.10. The lowest BCUT2D eigenvalue weighted by Gasteiger charge is -2.13. The molecule has 1 amide bonds. The van der Waals surface area contributed by atoms with Crippen molar-refractivity contribution >= 4 is 12.2 Å². The summed E-state index contributed by atoms with van der Waals surface area (Å²) >= 11 is 0. The Morgan fingerprint density at radius 2 is 2.12 bits per heavy atom. The molecule has 2 aromatic rings. The lowest BCUT2D eigenvalue weighted by atomic mass is 9.95. The highest BCUT2D eigenvalue weighted by molar-refractivity contribution is 5.92. The van der Waals surface area contributed by atoms with E-state index in [4.69, 9.17) is 10.5 Å². The van der Waals surface area contributed by atoms with Crippen LogP contribution < -0.4 is 10.5 Å². The Labute approximate surface area is 153 Å². The van der Waals surface area contributed by atoms with E-state index in [9.17, 15) is 9.59 Å². The third-order valence-corrected chi connectivity index (χ3v) is 4.83. The maximum atomic E-state index is 11.7. The SMILES string of the molecule is CCCCOc1cnc(C(N)=O)c(C[C@@H]2Cc3ccc(C=O)cc3C2)c1. The summed E-state index contributed by atoms with van der Waals surface area (Å²) in [4.78, 5) is 26.9. The number of aromatic nitrogens is 1. The summed E-state index contributed by atoms with van der Waals surface area (Å²) in [7, 11) is 0. The van der Waals surface area contributed by atoms with Crippen molar-refractivity contribution in [2.24, 2.45) is 11.7 Å². The highest BCUT2D eigenvalue weighted by Crippen LogP contribution is 2.31. The number of pyridine rings is 1. The van der Waals surface area contributed by atoms with Crippen LogP contribution in [0.5, 0.6) is 5.75 Å². The molecule has 136 valence electrons. The summed E-state index contributed by atoms with van der Waals surface area (Å²) in [5.41, 5.74) is 9.84. The number of benzene rings is 1. The summed E-state index contributed by atoms with van der Waals surface area (Å²) < 4.78 is 5.72. The molecule has 0 bridgehead atoms. The molecular weight excluding hydrogens is 328 g/mol. The second-order valence-electron chi connectivity index (χ2n) is 6.87. The van der Waals surface area contributed by atoms with Crippen molar-refractivity contribution in [2.45, 2.75) is 39.0 Å². The Morgan fingerprint density at radius 3 is 2.85 bits per heavy atom. The first-order valence-corrected chi connectivity index (χ1v) is 9.09. The Kier molecular flexibility index (Phi) is 5.66. The number of primary amides is 1. The normalized spacial score (nSPS) is 15.5. The molecular formula is C21H24N2O3. The number of amides is 1. The van der Waals surface area contributed by atoms with Crippen molar-refractivity contribution < 1.29 is 14.3 Å². The zero-order valence-electron chi connectivity index (χ0n) is 15.0. The first-order valence-electron chi connectivity index (χ1n) is 9.09. The van der Waals surface area contributed by atoms with Crippen molar-refractivity contribution in [2.75, 3.05) is 6.61 Å². The molecule has 1 atom stereocenters. The Morgan fingerprint density at radius 1 is 1.31 bits per heavy atom. The number of ether oxygens (including phenoxy) is 1. The number of nitrogens with two attached hydrogens (primary N) is 1. The molecule has 5 heteroatoms. The maximum Gasteiger partial charge on any atom is 0.267 e. The van der Waals surface area contributed by atoms with E-state index in [1.54, 1.807) is 6.20 Å². The number of carbonyl (C=O) groups is 2. The van der Waals surface area contributed by atoms with Crippen LogP contribution in [0, 0.1) is 5.92 Å². The van der Waals surface area contributed by atoms with Gasteiger partial charge in [0, 0.05) is 5.56 Å². The van der Waals surface area contributed by atoms with E-state index in [2.05, 4.69) is 11.9 Å². The zero-order valence-corrected chi connectivity index (χ0v) is 15.0. The van der Waals surface area contributed by atoms with Crippen molar-refractivity contribution in [1.82, 2.24) is 4.98 Å². The summed E-state index contributed by atoms with van der Waals surface area (Å²) in [6.07, 6.45) is 7.00. The van der Waals surface area contributed by atoms with Gasteiger partial charge in [-0.25, -0.2) is 4.98 Å². The summed E-state index contributed by atoms with van der Waals surface area (Å²) in [6.45, 7) is 2.74. The van der Waals surface area contributed by atoms with Gasteiger partial charge in [-0.15, -0.1) is 0 Å². The lowest BCUT2D eigenvalue weighted by molar-refractivity contribution is 0.0993. The fourth-order valence-electron chi connectivity index (χ4n) is 3.54. The zero-order chi connectivity index (χ0) is 18.5. The molecule has 1 aromatic carbocycles. The van der Waals surface area contributed by atoms with E-state index in [-0.39, 0.29) is 0 Å². The number of rotatable bonds is 8. The summed E-state index contributed by atoms with van der Waals surface area (Å²) in [6, 6.07) is 7.73. The first kappa shape index (κ1) is 18.1. The van der Waals surface area contributed by atoms with Gasteiger partial charge >= 0.3 is 0 Å². The predicted molar refractivity (Wildman–Crippen MR) is 99.6 cm³/mol. The van der Waals surface area contributed by atoms with Crippen LogP contribution in [0.4, 0.5) is 0 Å². The van der Waals surface area contributed by atoms with Gasteiger partial charge in [0.05, 0.1) is 12.8 Å². The van der Waals surface area contributed by atoms with E-state index in [1.807, 2.05) is 24.3 Å². The minimum Gasteiger partial charge on any atom is -0.492 e. The van der Waals surface area contributed by atoms with Crippen LogP contribution in [0.1, 0.15) is 57.3 Å². The number of nitrogens with zero attached hydrogens (tertiary/aromatic N) is 1. The Bertz CT molecular complexity index is 817. The molecule has 0 spiro atoms. The van der Waals surface area contributed by atoms with Gasteiger partial charge in [0.25, 0.3) is 5.91 Å². The molecule has 3 rings (SSSR count). The van der Waals surface area contributed by atoms with E-state index in [1.165, 1.54) is 11.1 Å². The lowest BCUT2D eigenvalue weighted by Crippen LogP contribution is -2.18. The van der Waals surface area contributed by atoms with Gasteiger partial charge in [-0.3, -0.25) is 9.59 Å². The minimum atomic E-state index is -0.515. The fraction of sp³-hybridized carbons (Fsp3) is 0.381. The molecule has 0 unspecified atom stereocenters. The van der Waals surface area contributed by atoms with Gasteiger partial charge in [-0.1, -0.05) is 25.5 Å². The van der Waals surface area contributed by atoms with Gasteiger partial charge in [0.2, 0.25) is 0 Å². The molecule has 1 aromatic heterocycles. The topological polar surface area (TPSA) is 82.3 Å². The molecule has 0 fully saturated rings. The number of aldehydes is 1. The minimum absolute atomic E-state index is 0.317. The summed E-state index contributed by atoms with van der Waals surface area (Å²) in [5, 5.41) is 0. The molecule has 5 nitrogen and oxygen atoms in total. The number of unbranched alkanes of at least 4 members (excludes halogenated alkanes) is 1. The number of fused-ring (bicyclic) bond motifs is 1. The van der Waals surface area contributed by atoms with E-state index in [0.717, 1.165) is 37.5 Å². The molecule has 0 radical (unpaired) electrons. The van der Waals surface area contributed by atoms with Gasteiger partial charge in [-0.05, 0) is 60.4 Å². The largest absolute Gasteiger partial charge is 0.492 e. The van der Waals surface area contributed by atoms with Crippen molar-refractivity contribution in [1.29, 1.82) is 0 Å². The molecule has 0 aliphatic heterocycles. The van der Waals surface area contributed by atoms with Crippen molar-refractivity contribution in [3.63, 3.8) is 0 Å². The van der Waals surface area contributed by atoms with Crippen LogP contribution in [-0.2, 0) is 19.3 Å². The van der Waals surface area contributed by atoms with Gasteiger partial charge in [0.15, 0.2) is 0 Å². The van der Waals surface area contributed by atoms with Gasteiger partial charge in [-0.2, -0.15) is 0 Å². The molecule has 1 heterocycles. The van der Waals surface area contributed by atoms with Crippen molar-refractivity contribution in [3.05, 3.63) is 58.4 Å². The molecule has 2 N–H and O–H groups in total.